The Hall–Kier alpha value is -2.85. The Labute approximate surface area is 166 Å². The minimum Gasteiger partial charge on any atom is -0.496 e. The van der Waals surface area contributed by atoms with E-state index < -0.39 is 15.4 Å². The molecule has 0 fully saturated rings. The van der Waals surface area contributed by atoms with Gasteiger partial charge in [-0.15, -0.1) is 0 Å². The van der Waals surface area contributed by atoms with Crippen molar-refractivity contribution in [1.29, 1.82) is 5.26 Å². The molecule has 28 heavy (non-hydrogen) atoms. The highest BCUT2D eigenvalue weighted by Gasteiger charge is 2.26. The van der Waals surface area contributed by atoms with Gasteiger partial charge in [0, 0.05) is 17.5 Å². The number of amides is 1. The average molecular weight is 401 g/mol. The predicted molar refractivity (Wildman–Crippen MR) is 107 cm³/mol. The standard InChI is InChI=1S/C21H24N2O4S/c1-21(2,18-8-4-5-9-19(18)27-3)23-20(24)16-10-12-17(13-11-16)28(25,26)15-7-6-14-22/h4-5,8-13H,6-7,15H2,1-3H3,(H,23,24). The molecule has 0 aromatic heterocycles. The quantitative estimate of drug-likeness (QED) is 0.685. The minimum absolute atomic E-state index is 0.0903. The molecule has 0 atom stereocenters. The summed E-state index contributed by atoms with van der Waals surface area (Å²) in [6, 6.07) is 15.2. The number of rotatable bonds is 8. The molecule has 0 bridgehead atoms. The number of nitriles is 1. The predicted octanol–water partition coefficient (Wildman–Crippen LogP) is 3.44. The smallest absolute Gasteiger partial charge is 0.251 e. The second kappa shape index (κ2) is 8.89. The summed E-state index contributed by atoms with van der Waals surface area (Å²) in [5, 5.41) is 11.5. The van der Waals surface area contributed by atoms with Crippen molar-refractivity contribution in [3.8, 4) is 11.8 Å². The molecular weight excluding hydrogens is 376 g/mol. The van der Waals surface area contributed by atoms with E-state index in [4.69, 9.17) is 10.00 Å². The fourth-order valence-electron chi connectivity index (χ4n) is 2.86. The number of benzene rings is 2. The first kappa shape index (κ1) is 21.5. The lowest BCUT2D eigenvalue weighted by Gasteiger charge is -2.28. The summed E-state index contributed by atoms with van der Waals surface area (Å²) in [5.74, 6) is 0.267. The van der Waals surface area contributed by atoms with E-state index in [0.29, 0.717) is 11.3 Å². The van der Waals surface area contributed by atoms with Gasteiger partial charge in [0.05, 0.1) is 29.4 Å². The average Bonchev–Trinajstić information content (AvgIpc) is 2.67. The van der Waals surface area contributed by atoms with Gasteiger partial charge >= 0.3 is 0 Å². The Morgan fingerprint density at radius 2 is 1.79 bits per heavy atom. The van der Waals surface area contributed by atoms with Gasteiger partial charge in [-0.25, -0.2) is 8.42 Å². The highest BCUT2D eigenvalue weighted by atomic mass is 32.2. The van der Waals surface area contributed by atoms with E-state index in [1.807, 2.05) is 44.2 Å². The van der Waals surface area contributed by atoms with Crippen LogP contribution in [-0.4, -0.2) is 27.2 Å². The largest absolute Gasteiger partial charge is 0.496 e. The molecule has 0 aliphatic rings. The number of hydrogen-bond donors (Lipinski definition) is 1. The third-order valence-corrected chi connectivity index (χ3v) is 6.20. The van der Waals surface area contributed by atoms with E-state index in [1.54, 1.807) is 7.11 Å². The van der Waals surface area contributed by atoms with Gasteiger partial charge in [0.15, 0.2) is 9.84 Å². The Morgan fingerprint density at radius 3 is 2.39 bits per heavy atom. The first-order valence-electron chi connectivity index (χ1n) is 8.87. The zero-order chi connectivity index (χ0) is 20.8. The number of hydrogen-bond acceptors (Lipinski definition) is 5. The lowest BCUT2D eigenvalue weighted by Crippen LogP contribution is -2.41. The molecule has 7 heteroatoms. The van der Waals surface area contributed by atoms with Gasteiger partial charge in [0.1, 0.15) is 5.75 Å². The van der Waals surface area contributed by atoms with Crippen molar-refractivity contribution in [3.05, 3.63) is 59.7 Å². The molecule has 0 saturated carbocycles. The molecule has 6 nitrogen and oxygen atoms in total. The summed E-state index contributed by atoms with van der Waals surface area (Å²) in [6.07, 6.45) is 0.478. The molecule has 0 heterocycles. The summed E-state index contributed by atoms with van der Waals surface area (Å²) in [5.41, 5.74) is 0.507. The number of ether oxygens (including phenoxy) is 1. The van der Waals surface area contributed by atoms with Crippen LogP contribution >= 0.6 is 0 Å². The number of sulfone groups is 1. The van der Waals surface area contributed by atoms with Crippen LogP contribution in [0.2, 0.25) is 0 Å². The van der Waals surface area contributed by atoms with Gasteiger partial charge in [0.2, 0.25) is 0 Å². The SMILES string of the molecule is COc1ccccc1C(C)(C)NC(=O)c1ccc(S(=O)(=O)CCCC#N)cc1. The third-order valence-electron chi connectivity index (χ3n) is 4.38. The van der Waals surface area contributed by atoms with Gasteiger partial charge in [-0.2, -0.15) is 5.26 Å². The molecule has 2 aromatic carbocycles. The summed E-state index contributed by atoms with van der Waals surface area (Å²) < 4.78 is 29.9. The van der Waals surface area contributed by atoms with Crippen molar-refractivity contribution < 1.29 is 17.9 Å². The second-order valence-corrected chi connectivity index (χ2v) is 8.99. The third kappa shape index (κ3) is 5.11. The zero-order valence-corrected chi connectivity index (χ0v) is 17.0. The van der Waals surface area contributed by atoms with Crippen molar-refractivity contribution in [3.63, 3.8) is 0 Å². The van der Waals surface area contributed by atoms with E-state index in [-0.39, 0.29) is 29.4 Å². The molecule has 0 spiro atoms. The van der Waals surface area contributed by atoms with Crippen molar-refractivity contribution in [2.45, 2.75) is 37.1 Å². The second-order valence-electron chi connectivity index (χ2n) is 6.88. The molecule has 1 N–H and O–H groups in total. The molecule has 2 aromatic rings. The molecule has 2 rings (SSSR count). The van der Waals surface area contributed by atoms with E-state index >= 15 is 0 Å². The van der Waals surface area contributed by atoms with E-state index in [9.17, 15) is 13.2 Å². The number of unbranched alkanes of at least 4 members (excludes halogenated alkanes) is 1. The maximum atomic E-state index is 12.7. The van der Waals surface area contributed by atoms with Crippen LogP contribution in [0.1, 0.15) is 42.6 Å². The lowest BCUT2D eigenvalue weighted by atomic mass is 9.93. The van der Waals surface area contributed by atoms with Crippen LogP contribution in [0.3, 0.4) is 0 Å². The number of nitrogens with one attached hydrogen (secondary N) is 1. The fraction of sp³-hybridized carbons (Fsp3) is 0.333. The van der Waals surface area contributed by atoms with Gasteiger partial charge < -0.3 is 10.1 Å². The Morgan fingerprint density at radius 1 is 1.14 bits per heavy atom. The van der Waals surface area contributed by atoms with Crippen LogP contribution in [0.15, 0.2) is 53.4 Å². The van der Waals surface area contributed by atoms with Crippen LogP contribution in [0, 0.1) is 11.3 Å². The maximum absolute atomic E-state index is 12.7. The van der Waals surface area contributed by atoms with Crippen LogP contribution in [0.25, 0.3) is 0 Å². The minimum atomic E-state index is -3.46. The zero-order valence-electron chi connectivity index (χ0n) is 16.2. The Bertz CT molecular complexity index is 974. The highest BCUT2D eigenvalue weighted by molar-refractivity contribution is 7.91. The summed E-state index contributed by atoms with van der Waals surface area (Å²) in [6.45, 7) is 3.74. The molecule has 0 aliphatic heterocycles. The van der Waals surface area contributed by atoms with Gasteiger partial charge in [-0.3, -0.25) is 4.79 Å². The molecule has 0 saturated heterocycles. The van der Waals surface area contributed by atoms with Crippen molar-refractivity contribution >= 4 is 15.7 Å². The number of carbonyl (C=O) groups excluding carboxylic acids is 1. The Balaban J connectivity index is 2.16. The van der Waals surface area contributed by atoms with Gasteiger partial charge in [-0.1, -0.05) is 18.2 Å². The topological polar surface area (TPSA) is 96.3 Å². The monoisotopic (exact) mass is 400 g/mol. The molecular formula is C21H24N2O4S. The molecule has 1 amide bonds. The maximum Gasteiger partial charge on any atom is 0.251 e. The first-order valence-corrected chi connectivity index (χ1v) is 10.5. The van der Waals surface area contributed by atoms with Gasteiger partial charge in [0.25, 0.3) is 5.91 Å². The van der Waals surface area contributed by atoms with Crippen molar-refractivity contribution in [2.24, 2.45) is 0 Å². The Kier molecular flexibility index (Phi) is 6.81. The van der Waals surface area contributed by atoms with E-state index in [2.05, 4.69) is 5.32 Å². The van der Waals surface area contributed by atoms with Gasteiger partial charge in [-0.05, 0) is 50.6 Å². The van der Waals surface area contributed by atoms with Crippen molar-refractivity contribution in [2.75, 3.05) is 12.9 Å². The molecule has 0 unspecified atom stereocenters. The number of nitrogens with zero attached hydrogens (tertiary/aromatic N) is 1. The number of para-hydroxylation sites is 1. The molecule has 0 radical (unpaired) electrons. The van der Waals surface area contributed by atoms with Crippen LogP contribution < -0.4 is 10.1 Å². The summed E-state index contributed by atoms with van der Waals surface area (Å²) in [7, 11) is -1.89. The molecule has 148 valence electrons. The van der Waals surface area contributed by atoms with Crippen LogP contribution in [0.4, 0.5) is 0 Å². The number of carbonyl (C=O) groups is 1. The summed E-state index contributed by atoms with van der Waals surface area (Å²) in [4.78, 5) is 12.8. The van der Waals surface area contributed by atoms with Crippen LogP contribution in [0.5, 0.6) is 5.75 Å². The van der Waals surface area contributed by atoms with Crippen LogP contribution in [-0.2, 0) is 15.4 Å². The fourth-order valence-corrected chi connectivity index (χ4v) is 4.17. The summed E-state index contributed by atoms with van der Waals surface area (Å²) >= 11 is 0. The van der Waals surface area contributed by atoms with E-state index in [1.165, 1.54) is 24.3 Å². The lowest BCUT2D eigenvalue weighted by molar-refractivity contribution is 0.0911. The number of methoxy groups -OCH3 is 1. The highest BCUT2D eigenvalue weighted by Crippen LogP contribution is 2.29. The van der Waals surface area contributed by atoms with Crippen molar-refractivity contribution in [1.82, 2.24) is 5.32 Å². The normalized spacial score (nSPS) is 11.5. The van der Waals surface area contributed by atoms with E-state index in [0.717, 1.165) is 5.56 Å². The molecule has 0 aliphatic carbocycles. The first-order chi connectivity index (χ1) is 13.2.